The lowest BCUT2D eigenvalue weighted by atomic mass is 9.82. The van der Waals surface area contributed by atoms with Crippen LogP contribution in [-0.4, -0.2) is 48.0 Å². The van der Waals surface area contributed by atoms with Crippen LogP contribution in [0.25, 0.3) is 28.3 Å². The van der Waals surface area contributed by atoms with E-state index in [1.807, 2.05) is 74.7 Å². The van der Waals surface area contributed by atoms with Crippen LogP contribution in [0, 0.1) is 12.7 Å². The van der Waals surface area contributed by atoms with Gasteiger partial charge in [-0.3, -0.25) is 9.59 Å². The van der Waals surface area contributed by atoms with E-state index < -0.39 is 7.12 Å². The average molecular weight is 628 g/mol. The maximum absolute atomic E-state index is 14.2. The Morgan fingerprint density at radius 1 is 1.11 bits per heavy atom. The number of carbonyl (C=O) groups excluding carboxylic acids is 2. The Bertz CT molecular complexity index is 1680. The van der Waals surface area contributed by atoms with Crippen molar-refractivity contribution in [2.75, 3.05) is 7.11 Å². The molecule has 9 nitrogen and oxygen atoms in total. The SMILES string of the molecule is CCB1OC(C=Cc2c(-c3ccc(F)cc3)c(-c3ccccc3)c(C(=O)NCc3cc(C)no3)n2C(C)C)CC(CC(=O)OC)O1. The summed E-state index contributed by atoms with van der Waals surface area (Å²) in [6, 6.07) is 17.6. The molecular formula is C35H39BFN3O6. The number of nitrogens with zero attached hydrogens (tertiary/aromatic N) is 2. The standard InChI is InChI=1S/C35H39BFN3O6/c1-6-36-44-27(19-28(45-36)20-31(41)43-5)16-17-30-32(25-12-14-26(37)15-13-25)33(24-10-8-7-9-11-24)34(40(30)22(2)3)35(42)38-21-29-18-23(4)39-46-29/h7-18,22,27-28H,6,19-21H2,1-5H3,(H,38,42). The van der Waals surface area contributed by atoms with Gasteiger partial charge in [-0.2, -0.15) is 0 Å². The van der Waals surface area contributed by atoms with E-state index in [0.29, 0.717) is 24.2 Å². The fraction of sp³-hybridized carbons (Fsp3) is 0.343. The fourth-order valence-corrected chi connectivity index (χ4v) is 5.80. The number of aromatic nitrogens is 2. The van der Waals surface area contributed by atoms with Crippen molar-refractivity contribution in [2.24, 2.45) is 0 Å². The molecule has 5 rings (SSSR count). The van der Waals surface area contributed by atoms with Crippen LogP contribution in [0.3, 0.4) is 0 Å². The summed E-state index contributed by atoms with van der Waals surface area (Å²) < 4.78 is 38.6. The third-order valence-corrected chi connectivity index (χ3v) is 7.86. The van der Waals surface area contributed by atoms with Gasteiger partial charge in [0.2, 0.25) is 0 Å². The zero-order valence-electron chi connectivity index (χ0n) is 26.8. The second-order valence-electron chi connectivity index (χ2n) is 11.6. The molecule has 2 unspecified atom stereocenters. The number of rotatable bonds is 11. The van der Waals surface area contributed by atoms with Crippen molar-refractivity contribution in [1.82, 2.24) is 15.0 Å². The van der Waals surface area contributed by atoms with Gasteiger partial charge < -0.3 is 28.5 Å². The second-order valence-corrected chi connectivity index (χ2v) is 11.6. The zero-order chi connectivity index (χ0) is 32.8. The Balaban J connectivity index is 1.66. The lowest BCUT2D eigenvalue weighted by Crippen LogP contribution is -2.41. The molecule has 0 saturated carbocycles. The van der Waals surface area contributed by atoms with E-state index in [1.165, 1.54) is 19.2 Å². The van der Waals surface area contributed by atoms with E-state index in [2.05, 4.69) is 10.5 Å². The first-order valence-electron chi connectivity index (χ1n) is 15.5. The molecule has 0 radical (unpaired) electrons. The number of aryl methyl sites for hydroxylation is 1. The van der Waals surface area contributed by atoms with Crippen molar-refractivity contribution in [3.8, 4) is 22.3 Å². The third-order valence-electron chi connectivity index (χ3n) is 7.86. The van der Waals surface area contributed by atoms with Crippen LogP contribution < -0.4 is 5.32 Å². The molecule has 1 saturated heterocycles. The number of amides is 1. The van der Waals surface area contributed by atoms with Gasteiger partial charge >= 0.3 is 13.1 Å². The van der Waals surface area contributed by atoms with Gasteiger partial charge in [0.15, 0.2) is 5.76 Å². The number of carbonyl (C=O) groups is 2. The molecule has 1 aliphatic rings. The number of hydrogen-bond acceptors (Lipinski definition) is 7. The summed E-state index contributed by atoms with van der Waals surface area (Å²) in [5.74, 6) is -0.461. The Hall–Kier alpha value is -4.48. The number of hydrogen-bond donors (Lipinski definition) is 1. The molecule has 2 aromatic carbocycles. The number of nitrogens with one attached hydrogen (secondary N) is 1. The van der Waals surface area contributed by atoms with Gasteiger partial charge in [0.25, 0.3) is 5.91 Å². The molecule has 11 heteroatoms. The Kier molecular flexibility index (Phi) is 10.5. The van der Waals surface area contributed by atoms with Crippen LogP contribution in [0.5, 0.6) is 0 Å². The largest absolute Gasteiger partial charge is 0.469 e. The molecule has 1 fully saturated rings. The van der Waals surface area contributed by atoms with E-state index in [4.69, 9.17) is 18.6 Å². The van der Waals surface area contributed by atoms with Gasteiger partial charge in [-0.25, -0.2) is 4.39 Å². The molecular weight excluding hydrogens is 588 g/mol. The number of benzene rings is 2. The quantitative estimate of drug-likeness (QED) is 0.141. The van der Waals surface area contributed by atoms with Crippen LogP contribution in [0.4, 0.5) is 4.39 Å². The normalized spacial score (nSPS) is 16.7. The molecule has 2 atom stereocenters. The number of ether oxygens (including phenoxy) is 1. The summed E-state index contributed by atoms with van der Waals surface area (Å²) in [5.41, 5.74) is 5.02. The van der Waals surface area contributed by atoms with Crippen molar-refractivity contribution in [3.05, 3.63) is 95.4 Å². The molecule has 0 spiro atoms. The topological polar surface area (TPSA) is 105 Å². The number of esters is 1. The Morgan fingerprint density at radius 2 is 1.83 bits per heavy atom. The van der Waals surface area contributed by atoms with Crippen LogP contribution in [0.2, 0.25) is 6.32 Å². The molecule has 1 aliphatic heterocycles. The number of methoxy groups -OCH3 is 1. The van der Waals surface area contributed by atoms with E-state index in [0.717, 1.165) is 33.6 Å². The van der Waals surface area contributed by atoms with Crippen molar-refractivity contribution in [2.45, 2.75) is 71.7 Å². The van der Waals surface area contributed by atoms with E-state index in [9.17, 15) is 14.0 Å². The maximum atomic E-state index is 14.2. The molecule has 3 heterocycles. The first-order chi connectivity index (χ1) is 22.2. The summed E-state index contributed by atoms with van der Waals surface area (Å²) in [5, 5.41) is 6.95. The summed E-state index contributed by atoms with van der Waals surface area (Å²) >= 11 is 0. The molecule has 46 heavy (non-hydrogen) atoms. The lowest BCUT2D eigenvalue weighted by Gasteiger charge is -2.32. The van der Waals surface area contributed by atoms with Gasteiger partial charge in [-0.15, -0.1) is 0 Å². The lowest BCUT2D eigenvalue weighted by molar-refractivity contribution is -0.143. The minimum Gasteiger partial charge on any atom is -0.469 e. The molecule has 0 aliphatic carbocycles. The van der Waals surface area contributed by atoms with Crippen LogP contribution in [-0.2, 0) is 25.4 Å². The molecule has 1 N–H and O–H groups in total. The summed E-state index contributed by atoms with van der Waals surface area (Å²) in [6.07, 6.45) is 4.36. The molecule has 0 bridgehead atoms. The van der Waals surface area contributed by atoms with Crippen LogP contribution >= 0.6 is 0 Å². The molecule has 4 aromatic rings. The summed E-state index contributed by atoms with van der Waals surface area (Å²) in [7, 11) is 0.880. The van der Waals surface area contributed by atoms with E-state index in [-0.39, 0.29) is 48.9 Å². The predicted molar refractivity (Wildman–Crippen MR) is 174 cm³/mol. The predicted octanol–water partition coefficient (Wildman–Crippen LogP) is 7.03. The average Bonchev–Trinajstić information content (AvgIpc) is 3.64. The van der Waals surface area contributed by atoms with Crippen LogP contribution in [0.15, 0.2) is 71.3 Å². The van der Waals surface area contributed by atoms with Crippen molar-refractivity contribution < 1.29 is 32.5 Å². The smallest absolute Gasteiger partial charge is 0.457 e. The summed E-state index contributed by atoms with van der Waals surface area (Å²) in [6.45, 7) is 7.97. The zero-order valence-corrected chi connectivity index (χ0v) is 26.8. The van der Waals surface area contributed by atoms with Gasteiger partial charge in [0, 0.05) is 35.3 Å². The maximum Gasteiger partial charge on any atom is 0.457 e. The highest BCUT2D eigenvalue weighted by molar-refractivity contribution is 6.44. The minimum absolute atomic E-state index is 0.122. The highest BCUT2D eigenvalue weighted by Crippen LogP contribution is 2.42. The Morgan fingerprint density at radius 3 is 2.46 bits per heavy atom. The first kappa shape index (κ1) is 32.9. The van der Waals surface area contributed by atoms with E-state index >= 15 is 0 Å². The van der Waals surface area contributed by atoms with Gasteiger partial charge in [0.1, 0.15) is 11.5 Å². The molecule has 2 aromatic heterocycles. The molecule has 240 valence electrons. The van der Waals surface area contributed by atoms with Gasteiger partial charge in [-0.1, -0.05) is 60.6 Å². The first-order valence-corrected chi connectivity index (χ1v) is 15.5. The highest BCUT2D eigenvalue weighted by atomic mass is 19.1. The minimum atomic E-state index is -0.479. The summed E-state index contributed by atoms with van der Waals surface area (Å²) in [4.78, 5) is 26.2. The number of halogens is 1. The highest BCUT2D eigenvalue weighted by Gasteiger charge is 2.34. The fourth-order valence-electron chi connectivity index (χ4n) is 5.80. The Labute approximate surface area is 268 Å². The van der Waals surface area contributed by atoms with E-state index in [1.54, 1.807) is 18.2 Å². The third kappa shape index (κ3) is 7.49. The second kappa shape index (κ2) is 14.7. The van der Waals surface area contributed by atoms with Crippen molar-refractivity contribution >= 4 is 25.1 Å². The monoisotopic (exact) mass is 627 g/mol. The van der Waals surface area contributed by atoms with Crippen molar-refractivity contribution in [3.63, 3.8) is 0 Å². The van der Waals surface area contributed by atoms with Crippen molar-refractivity contribution in [1.29, 1.82) is 0 Å². The molecule has 1 amide bonds. The van der Waals surface area contributed by atoms with Gasteiger partial charge in [0.05, 0.1) is 38.0 Å². The van der Waals surface area contributed by atoms with Crippen LogP contribution in [0.1, 0.15) is 67.3 Å². The van der Waals surface area contributed by atoms with Gasteiger partial charge in [-0.05, 0) is 56.4 Å².